The zero-order chi connectivity index (χ0) is 28.0. The molecule has 0 radical (unpaired) electrons. The number of piperidine rings is 1. The average molecular weight is 543 g/mol. The second kappa shape index (κ2) is 10.5. The van der Waals surface area contributed by atoms with E-state index in [1.165, 1.54) is 12.1 Å². The van der Waals surface area contributed by atoms with Crippen molar-refractivity contribution in [2.45, 2.75) is 31.3 Å². The quantitative estimate of drug-likeness (QED) is 0.402. The van der Waals surface area contributed by atoms with E-state index < -0.39 is 11.6 Å². The van der Waals surface area contributed by atoms with Gasteiger partial charge in [0.15, 0.2) is 5.65 Å². The van der Waals surface area contributed by atoms with Crippen molar-refractivity contribution in [3.63, 3.8) is 0 Å². The van der Waals surface area contributed by atoms with Gasteiger partial charge in [0, 0.05) is 55.7 Å². The van der Waals surface area contributed by atoms with Crippen LogP contribution in [0.15, 0.2) is 48.7 Å². The predicted molar refractivity (Wildman–Crippen MR) is 153 cm³/mol. The van der Waals surface area contributed by atoms with Gasteiger partial charge in [-0.25, -0.2) is 18.7 Å². The Bertz CT molecular complexity index is 1610. The van der Waals surface area contributed by atoms with Gasteiger partial charge in [-0.2, -0.15) is 5.26 Å². The summed E-state index contributed by atoms with van der Waals surface area (Å²) in [4.78, 5) is 16.1. The van der Waals surface area contributed by atoms with Gasteiger partial charge in [-0.15, -0.1) is 0 Å². The SMILES string of the molecule is CN(C)C1CCN(c2ccc(-n3c(-c4ccc(C#N)c(F)c4)nc4c(N5CCC[C@@H](N)C5)ccnc43)c(F)c2)C1. The maximum absolute atomic E-state index is 16.0. The van der Waals surface area contributed by atoms with Gasteiger partial charge < -0.3 is 20.4 Å². The standard InChI is InChI=1S/C30H32F2N8/c1-37(2)23-10-13-38(18-23)22-7-8-26(25(32)15-22)40-29(19-5-6-20(16-33)24(31)14-19)36-28-27(9-11-35-30(28)40)39-12-3-4-21(34)17-39/h5-9,11,14-15,21,23H,3-4,10,12-13,17-18,34H2,1-2H3/t21-,23?/m1/s1. The summed E-state index contributed by atoms with van der Waals surface area (Å²) in [6, 6.07) is 13.7. The lowest BCUT2D eigenvalue weighted by molar-refractivity contribution is 0.315. The zero-order valence-electron chi connectivity index (χ0n) is 22.7. The van der Waals surface area contributed by atoms with Crippen LogP contribution in [0.4, 0.5) is 20.2 Å². The number of nitriles is 1. The van der Waals surface area contributed by atoms with Crippen LogP contribution >= 0.6 is 0 Å². The molecular formula is C30H32F2N8. The summed E-state index contributed by atoms with van der Waals surface area (Å²) >= 11 is 0. The molecule has 2 aliphatic rings. The van der Waals surface area contributed by atoms with Crippen LogP contribution in [0.2, 0.25) is 0 Å². The number of fused-ring (bicyclic) bond motifs is 1. The Morgan fingerprint density at radius 3 is 2.52 bits per heavy atom. The number of hydrogen-bond acceptors (Lipinski definition) is 7. The molecule has 2 aliphatic heterocycles. The van der Waals surface area contributed by atoms with Crippen molar-refractivity contribution >= 4 is 22.5 Å². The third kappa shape index (κ3) is 4.65. The van der Waals surface area contributed by atoms with Gasteiger partial charge in [0.05, 0.1) is 16.9 Å². The Balaban J connectivity index is 1.50. The van der Waals surface area contributed by atoms with Crippen molar-refractivity contribution < 1.29 is 8.78 Å². The molecule has 2 aromatic heterocycles. The highest BCUT2D eigenvalue weighted by Crippen LogP contribution is 2.36. The first-order valence-electron chi connectivity index (χ1n) is 13.6. The maximum atomic E-state index is 16.0. The van der Waals surface area contributed by atoms with Crippen LogP contribution in [0.1, 0.15) is 24.8 Å². The van der Waals surface area contributed by atoms with E-state index in [1.807, 2.05) is 18.2 Å². The number of likely N-dealkylation sites (N-methyl/N-ethyl adjacent to an activating group) is 1. The lowest BCUT2D eigenvalue weighted by atomic mass is 10.1. The molecule has 2 N–H and O–H groups in total. The Morgan fingerprint density at radius 1 is 0.975 bits per heavy atom. The highest BCUT2D eigenvalue weighted by molar-refractivity contribution is 5.90. The van der Waals surface area contributed by atoms with Crippen molar-refractivity contribution in [3.8, 4) is 23.1 Å². The number of pyridine rings is 1. The molecule has 0 bridgehead atoms. The number of hydrogen-bond donors (Lipinski definition) is 1. The fraction of sp³-hybridized carbons (Fsp3) is 0.367. The number of aromatic nitrogens is 3. The van der Waals surface area contributed by atoms with Crippen LogP contribution in [-0.2, 0) is 0 Å². The first kappa shape index (κ1) is 26.2. The lowest BCUT2D eigenvalue weighted by Gasteiger charge is -2.32. The van der Waals surface area contributed by atoms with Crippen molar-refractivity contribution in [2.24, 2.45) is 5.73 Å². The van der Waals surface area contributed by atoms with Crippen LogP contribution in [0.25, 0.3) is 28.2 Å². The number of nitrogens with zero attached hydrogens (tertiary/aromatic N) is 7. The Morgan fingerprint density at radius 2 is 1.82 bits per heavy atom. The molecule has 10 heteroatoms. The molecule has 2 fully saturated rings. The molecule has 40 heavy (non-hydrogen) atoms. The van der Waals surface area contributed by atoms with Gasteiger partial charge >= 0.3 is 0 Å². The Kier molecular flexibility index (Phi) is 6.86. The first-order valence-corrected chi connectivity index (χ1v) is 13.6. The minimum atomic E-state index is -0.658. The van der Waals surface area contributed by atoms with Gasteiger partial charge in [0.25, 0.3) is 0 Å². The summed E-state index contributed by atoms with van der Waals surface area (Å²) < 4.78 is 32.4. The Labute approximate surface area is 232 Å². The van der Waals surface area contributed by atoms with E-state index in [9.17, 15) is 9.65 Å². The summed E-state index contributed by atoms with van der Waals surface area (Å²) in [5.74, 6) is -0.734. The van der Waals surface area contributed by atoms with Gasteiger partial charge in [0.1, 0.15) is 29.0 Å². The predicted octanol–water partition coefficient (Wildman–Crippen LogP) is 4.31. The molecule has 0 spiro atoms. The fourth-order valence-electron chi connectivity index (χ4n) is 5.88. The largest absolute Gasteiger partial charge is 0.370 e. The molecule has 4 aromatic rings. The van der Waals surface area contributed by atoms with Crippen molar-refractivity contribution in [1.82, 2.24) is 19.4 Å². The van der Waals surface area contributed by atoms with E-state index in [0.29, 0.717) is 35.1 Å². The lowest BCUT2D eigenvalue weighted by Crippen LogP contribution is -2.42. The monoisotopic (exact) mass is 542 g/mol. The van der Waals surface area contributed by atoms with E-state index in [-0.39, 0.29) is 17.3 Å². The van der Waals surface area contributed by atoms with Crippen molar-refractivity contribution in [2.75, 3.05) is 50.1 Å². The van der Waals surface area contributed by atoms with Gasteiger partial charge in [0.2, 0.25) is 0 Å². The second-order valence-electron chi connectivity index (χ2n) is 10.9. The van der Waals surface area contributed by atoms with E-state index in [4.69, 9.17) is 10.7 Å². The smallest absolute Gasteiger partial charge is 0.167 e. The number of nitrogens with two attached hydrogens (primary N) is 1. The van der Waals surface area contributed by atoms with E-state index in [2.05, 4.69) is 33.8 Å². The molecule has 2 saturated heterocycles. The van der Waals surface area contributed by atoms with Crippen LogP contribution < -0.4 is 15.5 Å². The van der Waals surface area contributed by atoms with Gasteiger partial charge in [-0.3, -0.25) is 4.57 Å². The summed E-state index contributed by atoms with van der Waals surface area (Å²) in [5, 5.41) is 9.24. The first-order chi connectivity index (χ1) is 19.3. The van der Waals surface area contributed by atoms with E-state index >= 15 is 4.39 Å². The molecule has 2 aromatic carbocycles. The summed E-state index contributed by atoms with van der Waals surface area (Å²) in [5.41, 5.74) is 9.64. The molecule has 2 atom stereocenters. The Hall–Kier alpha value is -4.07. The van der Waals surface area contributed by atoms with E-state index in [0.717, 1.165) is 50.3 Å². The topological polar surface area (TPSA) is 90.2 Å². The van der Waals surface area contributed by atoms with Crippen LogP contribution in [0.5, 0.6) is 0 Å². The van der Waals surface area contributed by atoms with Gasteiger partial charge in [-0.05, 0) is 75.8 Å². The number of rotatable bonds is 5. The summed E-state index contributed by atoms with van der Waals surface area (Å²) in [7, 11) is 4.13. The molecule has 1 unspecified atom stereocenters. The molecule has 0 amide bonds. The third-order valence-electron chi connectivity index (χ3n) is 8.10. The summed E-state index contributed by atoms with van der Waals surface area (Å²) in [6.07, 6.45) is 4.63. The van der Waals surface area contributed by atoms with Crippen LogP contribution in [0.3, 0.4) is 0 Å². The van der Waals surface area contributed by atoms with Gasteiger partial charge in [-0.1, -0.05) is 0 Å². The molecular weight excluding hydrogens is 510 g/mol. The van der Waals surface area contributed by atoms with E-state index in [1.54, 1.807) is 29.0 Å². The van der Waals surface area contributed by atoms with Crippen molar-refractivity contribution in [3.05, 3.63) is 65.9 Å². The minimum Gasteiger partial charge on any atom is -0.370 e. The zero-order valence-corrected chi connectivity index (χ0v) is 22.7. The molecule has 0 aliphatic carbocycles. The average Bonchev–Trinajstić information content (AvgIpc) is 3.59. The van der Waals surface area contributed by atoms with Crippen LogP contribution in [0, 0.1) is 23.0 Å². The normalized spacial score (nSPS) is 19.5. The highest BCUT2D eigenvalue weighted by Gasteiger charge is 2.27. The fourth-order valence-corrected chi connectivity index (χ4v) is 5.88. The number of imidazole rings is 1. The minimum absolute atomic E-state index is 0.0498. The second-order valence-corrected chi connectivity index (χ2v) is 10.9. The number of anilines is 2. The van der Waals surface area contributed by atoms with Crippen molar-refractivity contribution in [1.29, 1.82) is 5.26 Å². The molecule has 206 valence electrons. The maximum Gasteiger partial charge on any atom is 0.167 e. The molecule has 8 nitrogen and oxygen atoms in total. The molecule has 0 saturated carbocycles. The number of halogens is 2. The molecule has 4 heterocycles. The highest BCUT2D eigenvalue weighted by atomic mass is 19.1. The summed E-state index contributed by atoms with van der Waals surface area (Å²) in [6.45, 7) is 3.19. The van der Waals surface area contributed by atoms with Crippen LogP contribution in [-0.4, -0.2) is 71.8 Å². The molecule has 6 rings (SSSR count). The third-order valence-corrected chi connectivity index (χ3v) is 8.10. The number of benzene rings is 2.